The summed E-state index contributed by atoms with van der Waals surface area (Å²) in [7, 11) is -4.15. The molecule has 4 aromatic carbocycles. The molecule has 1 N–H and O–H groups in total. The predicted octanol–water partition coefficient (Wildman–Crippen LogP) is 6.28. The fraction of sp³-hybridized carbons (Fsp3) is 0.297. The number of rotatable bonds is 13. The molecule has 0 saturated carbocycles. The zero-order valence-corrected chi connectivity index (χ0v) is 27.6. The lowest BCUT2D eigenvalue weighted by atomic mass is 10.0. The molecule has 0 aliphatic carbocycles. The number of amides is 2. The van der Waals surface area contributed by atoms with Crippen LogP contribution in [0.3, 0.4) is 0 Å². The fourth-order valence-corrected chi connectivity index (χ4v) is 6.75. The topological polar surface area (TPSA) is 86.8 Å². The number of hydrogen-bond donors (Lipinski definition) is 1. The van der Waals surface area contributed by atoms with Gasteiger partial charge in [-0.3, -0.25) is 13.9 Å². The summed E-state index contributed by atoms with van der Waals surface area (Å²) in [5.74, 6) is -0.748. The first-order valence-electron chi connectivity index (χ1n) is 15.3. The molecule has 8 heteroatoms. The van der Waals surface area contributed by atoms with Crippen molar-refractivity contribution in [3.8, 4) is 0 Å². The van der Waals surface area contributed by atoms with Gasteiger partial charge in [0.1, 0.15) is 12.6 Å². The minimum atomic E-state index is -4.15. The molecule has 4 aromatic rings. The molecule has 0 saturated heterocycles. The van der Waals surface area contributed by atoms with Crippen LogP contribution in [0.4, 0.5) is 5.69 Å². The van der Waals surface area contributed by atoms with Crippen LogP contribution >= 0.6 is 0 Å². The Morgan fingerprint density at radius 2 is 1.40 bits per heavy atom. The van der Waals surface area contributed by atoms with Crippen LogP contribution in [0.25, 0.3) is 0 Å². The highest BCUT2D eigenvalue weighted by atomic mass is 32.2. The van der Waals surface area contributed by atoms with E-state index in [1.807, 2.05) is 95.3 Å². The van der Waals surface area contributed by atoms with Crippen molar-refractivity contribution in [1.29, 1.82) is 0 Å². The summed E-state index contributed by atoms with van der Waals surface area (Å²) in [6.45, 7) is 9.76. The van der Waals surface area contributed by atoms with E-state index in [1.54, 1.807) is 41.3 Å². The van der Waals surface area contributed by atoms with Gasteiger partial charge in [-0.05, 0) is 86.2 Å². The molecule has 7 nitrogen and oxygen atoms in total. The van der Waals surface area contributed by atoms with Gasteiger partial charge in [-0.25, -0.2) is 8.42 Å². The van der Waals surface area contributed by atoms with E-state index in [9.17, 15) is 18.0 Å². The Morgan fingerprint density at radius 1 is 0.778 bits per heavy atom. The van der Waals surface area contributed by atoms with Crippen LogP contribution < -0.4 is 9.62 Å². The summed E-state index contributed by atoms with van der Waals surface area (Å²) >= 11 is 0. The van der Waals surface area contributed by atoms with E-state index in [-0.39, 0.29) is 23.8 Å². The monoisotopic (exact) mass is 625 g/mol. The average molecular weight is 626 g/mol. The molecule has 1 unspecified atom stereocenters. The van der Waals surface area contributed by atoms with E-state index < -0.39 is 28.5 Å². The Kier molecular flexibility index (Phi) is 11.2. The fourth-order valence-electron chi connectivity index (χ4n) is 5.35. The molecule has 0 fully saturated rings. The van der Waals surface area contributed by atoms with Crippen LogP contribution in [0.15, 0.2) is 102 Å². The molecule has 0 bridgehead atoms. The van der Waals surface area contributed by atoms with Crippen molar-refractivity contribution >= 4 is 27.5 Å². The third kappa shape index (κ3) is 8.60. The van der Waals surface area contributed by atoms with Crippen molar-refractivity contribution < 1.29 is 18.0 Å². The van der Waals surface area contributed by atoms with Crippen molar-refractivity contribution in [2.45, 2.75) is 64.9 Å². The van der Waals surface area contributed by atoms with Gasteiger partial charge < -0.3 is 10.2 Å². The molecule has 2 amide bonds. The largest absolute Gasteiger partial charge is 0.354 e. The molecule has 0 spiro atoms. The summed E-state index contributed by atoms with van der Waals surface area (Å²) < 4.78 is 29.7. The normalized spacial score (nSPS) is 11.9. The van der Waals surface area contributed by atoms with Crippen molar-refractivity contribution in [2.75, 3.05) is 17.4 Å². The first kappa shape index (κ1) is 33.5. The number of nitrogens with one attached hydrogen (secondary N) is 1. The van der Waals surface area contributed by atoms with Gasteiger partial charge in [0.15, 0.2) is 0 Å². The number of nitrogens with zero attached hydrogens (tertiary/aromatic N) is 2. The smallest absolute Gasteiger partial charge is 0.264 e. The summed E-state index contributed by atoms with van der Waals surface area (Å²) in [6.07, 6.45) is 1.02. The number of aryl methyl sites for hydroxylation is 4. The van der Waals surface area contributed by atoms with Crippen molar-refractivity contribution in [3.63, 3.8) is 0 Å². The first-order valence-corrected chi connectivity index (χ1v) is 16.8. The molecule has 0 radical (unpaired) electrons. The van der Waals surface area contributed by atoms with Gasteiger partial charge >= 0.3 is 0 Å². The van der Waals surface area contributed by atoms with Gasteiger partial charge in [-0.15, -0.1) is 0 Å². The van der Waals surface area contributed by atoms with Gasteiger partial charge in [0.25, 0.3) is 10.0 Å². The quantitative estimate of drug-likeness (QED) is 0.190. The molecule has 0 aliphatic heterocycles. The van der Waals surface area contributed by atoms with Crippen molar-refractivity contribution in [3.05, 3.63) is 130 Å². The first-order chi connectivity index (χ1) is 21.5. The molecule has 0 aromatic heterocycles. The third-order valence-corrected chi connectivity index (χ3v) is 9.59. The molecule has 45 heavy (non-hydrogen) atoms. The highest BCUT2D eigenvalue weighted by Gasteiger charge is 2.34. The number of hydrogen-bond acceptors (Lipinski definition) is 4. The third-order valence-electron chi connectivity index (χ3n) is 7.80. The molecule has 0 heterocycles. The summed E-state index contributed by atoms with van der Waals surface area (Å²) in [5.41, 5.74) is 5.82. The maximum atomic E-state index is 14.6. The lowest BCUT2D eigenvalue weighted by molar-refractivity contribution is -0.140. The Bertz CT molecular complexity index is 1700. The minimum Gasteiger partial charge on any atom is -0.354 e. The van der Waals surface area contributed by atoms with E-state index in [4.69, 9.17) is 0 Å². The van der Waals surface area contributed by atoms with Crippen LogP contribution in [-0.4, -0.2) is 44.3 Å². The van der Waals surface area contributed by atoms with E-state index in [0.717, 1.165) is 39.8 Å². The highest BCUT2D eigenvalue weighted by molar-refractivity contribution is 7.92. The number of benzene rings is 4. The van der Waals surface area contributed by atoms with E-state index >= 15 is 0 Å². The molecule has 1 atom stereocenters. The molecule has 0 aliphatic rings. The number of carbonyl (C=O) groups excluding carboxylic acids is 2. The standard InChI is InChI=1S/C37H43N3O4S/c1-6-20-38-37(42)35(24-31-13-8-7-9-14-31)39(25-32-15-11-10-12-30(32)5)36(41)26-40(33-22-28(3)21-29(4)23-33)45(43,44)34-18-16-27(2)17-19-34/h7-19,21-23,35H,6,20,24-26H2,1-5H3,(H,38,42). The van der Waals surface area contributed by atoms with Crippen LogP contribution in [0, 0.1) is 27.7 Å². The highest BCUT2D eigenvalue weighted by Crippen LogP contribution is 2.27. The average Bonchev–Trinajstić information content (AvgIpc) is 3.01. The Balaban J connectivity index is 1.83. The minimum absolute atomic E-state index is 0.0898. The Labute approximate surface area is 268 Å². The number of sulfonamides is 1. The van der Waals surface area contributed by atoms with Crippen LogP contribution in [0.1, 0.15) is 46.7 Å². The van der Waals surface area contributed by atoms with E-state index in [0.29, 0.717) is 12.2 Å². The van der Waals surface area contributed by atoms with E-state index in [1.165, 1.54) is 4.31 Å². The second-order valence-corrected chi connectivity index (χ2v) is 13.5. The number of carbonyl (C=O) groups is 2. The maximum Gasteiger partial charge on any atom is 0.264 e. The Morgan fingerprint density at radius 3 is 2.02 bits per heavy atom. The van der Waals surface area contributed by atoms with Crippen molar-refractivity contribution in [2.24, 2.45) is 0 Å². The van der Waals surface area contributed by atoms with E-state index in [2.05, 4.69) is 5.32 Å². The lowest BCUT2D eigenvalue weighted by Gasteiger charge is -2.34. The van der Waals surface area contributed by atoms with Crippen molar-refractivity contribution in [1.82, 2.24) is 10.2 Å². The molecular weight excluding hydrogens is 582 g/mol. The van der Waals surface area contributed by atoms with Gasteiger partial charge in [0.05, 0.1) is 10.6 Å². The van der Waals surface area contributed by atoms with Crippen LogP contribution in [0.2, 0.25) is 0 Å². The molecule has 236 valence electrons. The maximum absolute atomic E-state index is 14.6. The van der Waals surface area contributed by atoms with Gasteiger partial charge in [0.2, 0.25) is 11.8 Å². The van der Waals surface area contributed by atoms with Gasteiger partial charge in [0, 0.05) is 19.5 Å². The summed E-state index contributed by atoms with van der Waals surface area (Å²) in [4.78, 5) is 30.0. The second kappa shape index (κ2) is 15.0. The SMILES string of the molecule is CCCNC(=O)C(Cc1ccccc1)N(Cc1ccccc1C)C(=O)CN(c1cc(C)cc(C)c1)S(=O)(=O)c1ccc(C)cc1. The predicted molar refractivity (Wildman–Crippen MR) is 181 cm³/mol. The number of anilines is 1. The second-order valence-electron chi connectivity index (χ2n) is 11.6. The molecule has 4 rings (SSSR count). The van der Waals surface area contributed by atoms with Gasteiger partial charge in [-0.1, -0.05) is 85.3 Å². The molecular formula is C37H43N3O4S. The zero-order valence-electron chi connectivity index (χ0n) is 26.8. The van der Waals surface area contributed by atoms with Crippen LogP contribution in [0.5, 0.6) is 0 Å². The zero-order chi connectivity index (χ0) is 32.6. The lowest BCUT2D eigenvalue weighted by Crippen LogP contribution is -2.53. The summed E-state index contributed by atoms with van der Waals surface area (Å²) in [5, 5.41) is 2.99. The van der Waals surface area contributed by atoms with Crippen LogP contribution in [-0.2, 0) is 32.6 Å². The van der Waals surface area contributed by atoms with Gasteiger partial charge in [-0.2, -0.15) is 0 Å². The Hall–Kier alpha value is -4.43. The summed E-state index contributed by atoms with van der Waals surface area (Å²) in [6, 6.07) is 28.5.